The van der Waals surface area contributed by atoms with Crippen molar-refractivity contribution >= 4 is 17.3 Å². The molecule has 160 valence electrons. The monoisotopic (exact) mass is 417 g/mol. The summed E-state index contributed by atoms with van der Waals surface area (Å²) in [5, 5.41) is 0. The number of benzene rings is 2. The van der Waals surface area contributed by atoms with E-state index in [0.29, 0.717) is 30.5 Å². The van der Waals surface area contributed by atoms with Crippen LogP contribution in [0.5, 0.6) is 5.75 Å². The molecule has 0 radical (unpaired) electrons. The van der Waals surface area contributed by atoms with Crippen molar-refractivity contribution in [1.82, 2.24) is 4.90 Å². The highest BCUT2D eigenvalue weighted by atomic mass is 16.5. The van der Waals surface area contributed by atoms with Crippen molar-refractivity contribution in [2.75, 3.05) is 20.7 Å². The van der Waals surface area contributed by atoms with Crippen molar-refractivity contribution in [3.05, 3.63) is 65.2 Å². The summed E-state index contributed by atoms with van der Waals surface area (Å²) >= 11 is 0. The Bertz CT molecular complexity index is 1040. The van der Waals surface area contributed by atoms with Gasteiger partial charge in [0.15, 0.2) is 17.1 Å². The minimum absolute atomic E-state index is 0.0599. The first-order valence-electron chi connectivity index (χ1n) is 11.1. The number of hydrogen-bond donors (Lipinski definition) is 0. The predicted octanol–water partition coefficient (Wildman–Crippen LogP) is 4.06. The number of likely N-dealkylation sites (tertiary alicyclic amines) is 1. The largest absolute Gasteiger partial charge is 0.497 e. The van der Waals surface area contributed by atoms with Crippen molar-refractivity contribution in [1.29, 1.82) is 0 Å². The van der Waals surface area contributed by atoms with Crippen molar-refractivity contribution < 1.29 is 19.1 Å². The second kappa shape index (κ2) is 7.13. The third-order valence-electron chi connectivity index (χ3n) is 7.83. The Hall–Kier alpha value is -2.79. The first-order chi connectivity index (χ1) is 15.0. The summed E-state index contributed by atoms with van der Waals surface area (Å²) in [7, 11) is 3.46. The number of carbonyl (C=O) groups excluding carboxylic acids is 3. The summed E-state index contributed by atoms with van der Waals surface area (Å²) in [6.45, 7) is 0.490. The number of methoxy groups -OCH3 is 1. The van der Waals surface area contributed by atoms with E-state index in [9.17, 15) is 14.4 Å². The van der Waals surface area contributed by atoms with E-state index in [1.165, 1.54) is 0 Å². The van der Waals surface area contributed by atoms with Crippen LogP contribution in [-0.2, 0) is 4.79 Å². The minimum Gasteiger partial charge on any atom is -0.497 e. The molecule has 5 rings (SSSR count). The zero-order valence-corrected chi connectivity index (χ0v) is 18.0. The van der Waals surface area contributed by atoms with E-state index in [0.717, 1.165) is 30.6 Å². The molecule has 0 unspecified atom stereocenters. The van der Waals surface area contributed by atoms with Crippen molar-refractivity contribution in [3.63, 3.8) is 0 Å². The standard InChI is InChI=1S/C26H27NO4/c1-27-16-21(17-11-13-18(31-2)14-12-17)25(15-7-3-4-10-22(25)28)26(27)23(29)19-8-5-6-9-20(19)24(26)30/h5-6,8-9,11-14,21H,3-4,7,10,15-16H2,1-2H3/t21-,25+/m1/s1. The molecule has 0 aromatic heterocycles. The van der Waals surface area contributed by atoms with Gasteiger partial charge < -0.3 is 4.74 Å². The molecule has 2 fully saturated rings. The molecule has 2 aromatic rings. The Morgan fingerprint density at radius 2 is 1.55 bits per heavy atom. The molecule has 31 heavy (non-hydrogen) atoms. The lowest BCUT2D eigenvalue weighted by Crippen LogP contribution is -2.64. The number of ketones is 3. The predicted molar refractivity (Wildman–Crippen MR) is 117 cm³/mol. The molecule has 2 spiro atoms. The van der Waals surface area contributed by atoms with Gasteiger partial charge in [0.05, 0.1) is 12.5 Å². The molecule has 1 saturated carbocycles. The molecule has 0 amide bonds. The van der Waals surface area contributed by atoms with Crippen LogP contribution in [0.4, 0.5) is 0 Å². The lowest BCUT2D eigenvalue weighted by Gasteiger charge is -2.44. The summed E-state index contributed by atoms with van der Waals surface area (Å²) in [5.41, 5.74) is -0.628. The van der Waals surface area contributed by atoms with E-state index >= 15 is 0 Å². The SMILES string of the molecule is COc1ccc([C@H]2CN(C)C3(C(=O)c4ccccc4C3=O)[C@@]23CCCCCC3=O)cc1. The van der Waals surface area contributed by atoms with Crippen molar-refractivity contribution in [3.8, 4) is 5.75 Å². The summed E-state index contributed by atoms with van der Waals surface area (Å²) in [4.78, 5) is 43.9. The highest BCUT2D eigenvalue weighted by Gasteiger charge is 2.75. The number of Topliss-reactive ketones (excluding diaryl/α,β-unsaturated/α-hetero) is 3. The number of likely N-dealkylation sites (N-methyl/N-ethyl adjacent to an activating group) is 1. The van der Waals surface area contributed by atoms with Gasteiger partial charge in [-0.2, -0.15) is 0 Å². The van der Waals surface area contributed by atoms with Crippen LogP contribution in [0.1, 0.15) is 64.3 Å². The lowest BCUT2D eigenvalue weighted by atomic mass is 9.57. The second-order valence-corrected chi connectivity index (χ2v) is 9.08. The fraction of sp³-hybridized carbons (Fsp3) is 0.423. The third kappa shape index (κ3) is 2.44. The van der Waals surface area contributed by atoms with E-state index in [1.807, 2.05) is 36.2 Å². The van der Waals surface area contributed by atoms with Gasteiger partial charge in [0.2, 0.25) is 0 Å². The van der Waals surface area contributed by atoms with Gasteiger partial charge in [0.25, 0.3) is 0 Å². The molecule has 1 saturated heterocycles. The minimum atomic E-state index is -1.46. The van der Waals surface area contributed by atoms with E-state index in [-0.39, 0.29) is 23.3 Å². The van der Waals surface area contributed by atoms with Crippen LogP contribution in [0.2, 0.25) is 0 Å². The Morgan fingerprint density at radius 3 is 2.16 bits per heavy atom. The van der Waals surface area contributed by atoms with Gasteiger partial charge in [-0.1, -0.05) is 49.2 Å². The lowest BCUT2D eigenvalue weighted by molar-refractivity contribution is -0.132. The number of rotatable bonds is 2. The van der Waals surface area contributed by atoms with E-state index < -0.39 is 11.0 Å². The van der Waals surface area contributed by atoms with E-state index in [4.69, 9.17) is 4.74 Å². The van der Waals surface area contributed by atoms with Gasteiger partial charge in [-0.3, -0.25) is 19.3 Å². The third-order valence-corrected chi connectivity index (χ3v) is 7.83. The maximum absolute atomic E-state index is 14.0. The number of fused-ring (bicyclic) bond motifs is 2. The van der Waals surface area contributed by atoms with Crippen LogP contribution < -0.4 is 4.74 Å². The highest BCUT2D eigenvalue weighted by Crippen LogP contribution is 2.62. The Morgan fingerprint density at radius 1 is 0.903 bits per heavy atom. The Balaban J connectivity index is 1.76. The number of nitrogens with zero attached hydrogens (tertiary/aromatic N) is 1. The molecule has 2 aromatic carbocycles. The molecule has 2 aliphatic carbocycles. The summed E-state index contributed by atoms with van der Waals surface area (Å²) in [6, 6.07) is 14.8. The van der Waals surface area contributed by atoms with Gasteiger partial charge >= 0.3 is 0 Å². The summed E-state index contributed by atoms with van der Waals surface area (Å²) < 4.78 is 5.32. The van der Waals surface area contributed by atoms with E-state index in [2.05, 4.69) is 0 Å². The molecule has 0 N–H and O–H groups in total. The van der Waals surface area contributed by atoms with Gasteiger partial charge in [-0.25, -0.2) is 0 Å². The molecule has 1 heterocycles. The highest BCUT2D eigenvalue weighted by molar-refractivity contribution is 6.35. The first-order valence-corrected chi connectivity index (χ1v) is 11.1. The fourth-order valence-corrected chi connectivity index (χ4v) is 6.49. The summed E-state index contributed by atoms with van der Waals surface area (Å²) in [6.07, 6.45) is 3.56. The van der Waals surface area contributed by atoms with Crippen LogP contribution in [0.25, 0.3) is 0 Å². The summed E-state index contributed by atoms with van der Waals surface area (Å²) in [5.74, 6) is 0.163. The molecule has 5 nitrogen and oxygen atoms in total. The Labute approximate surface area is 182 Å². The van der Waals surface area contributed by atoms with Crippen LogP contribution in [-0.4, -0.2) is 48.5 Å². The molecule has 5 heteroatoms. The topological polar surface area (TPSA) is 63.7 Å². The average Bonchev–Trinajstić information content (AvgIpc) is 3.08. The second-order valence-electron chi connectivity index (χ2n) is 9.08. The fourth-order valence-electron chi connectivity index (χ4n) is 6.49. The molecular formula is C26H27NO4. The quantitative estimate of drug-likeness (QED) is 0.690. The first kappa shape index (κ1) is 20.1. The molecule has 2 atom stereocenters. The zero-order chi connectivity index (χ0) is 21.8. The number of carbonyl (C=O) groups is 3. The molecule has 3 aliphatic rings. The van der Waals surface area contributed by atoms with Crippen LogP contribution in [0.3, 0.4) is 0 Å². The maximum Gasteiger partial charge on any atom is 0.192 e. The number of hydrogen-bond acceptors (Lipinski definition) is 5. The van der Waals surface area contributed by atoms with Gasteiger partial charge in [-0.15, -0.1) is 0 Å². The zero-order valence-electron chi connectivity index (χ0n) is 18.0. The van der Waals surface area contributed by atoms with Crippen LogP contribution >= 0.6 is 0 Å². The maximum atomic E-state index is 14.0. The Kier molecular flexibility index (Phi) is 4.63. The smallest absolute Gasteiger partial charge is 0.192 e. The van der Waals surface area contributed by atoms with Crippen LogP contribution in [0.15, 0.2) is 48.5 Å². The van der Waals surface area contributed by atoms with Crippen LogP contribution in [0, 0.1) is 5.41 Å². The molecule has 1 aliphatic heterocycles. The van der Waals surface area contributed by atoms with Crippen molar-refractivity contribution in [2.24, 2.45) is 5.41 Å². The van der Waals surface area contributed by atoms with Crippen molar-refractivity contribution in [2.45, 2.75) is 43.6 Å². The van der Waals surface area contributed by atoms with Gasteiger partial charge in [0, 0.05) is 30.0 Å². The molecular weight excluding hydrogens is 390 g/mol. The molecule has 0 bridgehead atoms. The normalized spacial score (nSPS) is 27.7. The van der Waals surface area contributed by atoms with Gasteiger partial charge in [-0.05, 0) is 37.6 Å². The van der Waals surface area contributed by atoms with Gasteiger partial charge in [0.1, 0.15) is 11.5 Å². The van der Waals surface area contributed by atoms with E-state index in [1.54, 1.807) is 31.4 Å². The average molecular weight is 418 g/mol. The number of ether oxygens (including phenoxy) is 1.